The summed E-state index contributed by atoms with van der Waals surface area (Å²) in [6.45, 7) is 0. The Kier molecular flexibility index (Phi) is 4.05. The summed E-state index contributed by atoms with van der Waals surface area (Å²) in [6, 6.07) is 19.1. The van der Waals surface area contributed by atoms with Gasteiger partial charge in [-0.25, -0.2) is 19.2 Å². The third-order valence-corrected chi connectivity index (χ3v) is 8.31. The lowest BCUT2D eigenvalue weighted by atomic mass is 9.60. The average molecular weight is 464 g/mol. The summed E-state index contributed by atoms with van der Waals surface area (Å²) in [5.41, 5.74) is 4.56. The molecule has 0 saturated heterocycles. The van der Waals surface area contributed by atoms with Crippen molar-refractivity contribution >= 4 is 23.9 Å². The maximum absolute atomic E-state index is 12.5. The zero-order valence-electron chi connectivity index (χ0n) is 18.7. The number of ether oxygens (including phenoxy) is 2. The van der Waals surface area contributed by atoms with Crippen molar-refractivity contribution in [2.45, 2.75) is 37.0 Å². The number of carbonyl (C=O) groups excluding carboxylic acids is 4. The fraction of sp³-hybridized carbons (Fsp3) is 0.241. The van der Waals surface area contributed by atoms with Crippen molar-refractivity contribution in [2.75, 3.05) is 0 Å². The van der Waals surface area contributed by atoms with E-state index < -0.39 is 29.3 Å². The average Bonchev–Trinajstić information content (AvgIpc) is 3.46. The highest BCUT2D eigenvalue weighted by atomic mass is 16.6. The monoisotopic (exact) mass is 464 g/mol. The quantitative estimate of drug-likeness (QED) is 0.395. The Morgan fingerprint density at radius 1 is 0.629 bits per heavy atom. The van der Waals surface area contributed by atoms with E-state index >= 15 is 0 Å². The minimum Gasteiger partial charge on any atom is -0.386 e. The fourth-order valence-electron chi connectivity index (χ4n) is 6.97. The van der Waals surface area contributed by atoms with Crippen LogP contribution in [-0.2, 0) is 14.9 Å². The highest BCUT2D eigenvalue weighted by molar-refractivity contribution is 6.15. The number of carbonyl (C=O) groups is 4. The summed E-state index contributed by atoms with van der Waals surface area (Å²) in [6.07, 6.45) is 4.25. The maximum atomic E-state index is 12.5. The fourth-order valence-corrected chi connectivity index (χ4v) is 6.97. The molecule has 6 heteroatoms. The van der Waals surface area contributed by atoms with Crippen molar-refractivity contribution in [1.82, 2.24) is 0 Å². The molecular weight excluding hydrogens is 444 g/mol. The first-order chi connectivity index (χ1) is 17.0. The van der Waals surface area contributed by atoms with E-state index in [0.717, 1.165) is 42.4 Å². The summed E-state index contributed by atoms with van der Waals surface area (Å²) in [7, 11) is 0. The van der Waals surface area contributed by atoms with Crippen LogP contribution < -0.4 is 0 Å². The van der Waals surface area contributed by atoms with Gasteiger partial charge in [0.25, 0.3) is 0 Å². The van der Waals surface area contributed by atoms with E-state index in [1.54, 1.807) is 24.3 Å². The second-order valence-electron chi connectivity index (χ2n) is 9.77. The van der Waals surface area contributed by atoms with Crippen LogP contribution in [0.3, 0.4) is 0 Å². The van der Waals surface area contributed by atoms with E-state index in [0.29, 0.717) is 5.92 Å². The summed E-state index contributed by atoms with van der Waals surface area (Å²) < 4.78 is 9.75. The van der Waals surface area contributed by atoms with Gasteiger partial charge < -0.3 is 9.47 Å². The molecule has 2 atom stereocenters. The Labute approximate surface area is 200 Å². The first kappa shape index (κ1) is 20.3. The van der Waals surface area contributed by atoms with Crippen molar-refractivity contribution in [3.8, 4) is 0 Å². The van der Waals surface area contributed by atoms with Gasteiger partial charge in [-0.3, -0.25) is 0 Å². The van der Waals surface area contributed by atoms with Crippen molar-refractivity contribution in [3.63, 3.8) is 0 Å². The van der Waals surface area contributed by atoms with Crippen LogP contribution in [0.4, 0.5) is 0 Å². The predicted molar refractivity (Wildman–Crippen MR) is 123 cm³/mol. The van der Waals surface area contributed by atoms with Crippen molar-refractivity contribution in [1.29, 1.82) is 0 Å². The van der Waals surface area contributed by atoms with Crippen LogP contribution in [0.25, 0.3) is 0 Å². The largest absolute Gasteiger partial charge is 0.386 e. The number of cyclic esters (lactones) is 4. The van der Waals surface area contributed by atoms with E-state index in [-0.39, 0.29) is 28.2 Å². The zero-order valence-corrected chi connectivity index (χ0v) is 18.7. The van der Waals surface area contributed by atoms with Gasteiger partial charge in [0, 0.05) is 5.41 Å². The Morgan fingerprint density at radius 3 is 1.80 bits per heavy atom. The van der Waals surface area contributed by atoms with Gasteiger partial charge in [-0.2, -0.15) is 0 Å². The molecule has 7 rings (SSSR count). The van der Waals surface area contributed by atoms with Gasteiger partial charge in [-0.1, -0.05) is 49.2 Å². The van der Waals surface area contributed by atoms with Crippen LogP contribution in [0, 0.1) is 5.92 Å². The molecule has 0 aromatic heterocycles. The number of esters is 4. The molecule has 0 amide bonds. The van der Waals surface area contributed by atoms with Crippen molar-refractivity contribution in [3.05, 3.63) is 105 Å². The number of hydrogen-bond donors (Lipinski definition) is 0. The van der Waals surface area contributed by atoms with E-state index in [2.05, 4.69) is 18.2 Å². The normalized spacial score (nSPS) is 23.3. The molecule has 1 saturated carbocycles. The molecule has 172 valence electrons. The predicted octanol–water partition coefficient (Wildman–Crippen LogP) is 4.93. The summed E-state index contributed by atoms with van der Waals surface area (Å²) in [4.78, 5) is 49.3. The van der Waals surface area contributed by atoms with Gasteiger partial charge in [0.15, 0.2) is 0 Å². The number of rotatable bonds is 2. The Balaban J connectivity index is 1.56. The smallest absolute Gasteiger partial charge is 0.346 e. The molecule has 2 unspecified atom stereocenters. The lowest BCUT2D eigenvalue weighted by Gasteiger charge is -2.42. The molecule has 0 spiro atoms. The van der Waals surface area contributed by atoms with Crippen LogP contribution in [0.2, 0.25) is 0 Å². The van der Waals surface area contributed by atoms with Crippen LogP contribution in [0.15, 0.2) is 60.7 Å². The van der Waals surface area contributed by atoms with Crippen molar-refractivity contribution in [2.24, 2.45) is 5.92 Å². The molecule has 1 fully saturated rings. The first-order valence-corrected chi connectivity index (χ1v) is 11.9. The number of benzene rings is 3. The highest BCUT2D eigenvalue weighted by Crippen LogP contribution is 2.62. The van der Waals surface area contributed by atoms with E-state index in [9.17, 15) is 19.2 Å². The van der Waals surface area contributed by atoms with E-state index in [1.165, 1.54) is 5.56 Å². The van der Waals surface area contributed by atoms with Crippen LogP contribution in [-0.4, -0.2) is 23.9 Å². The van der Waals surface area contributed by atoms with E-state index in [1.807, 2.05) is 18.2 Å². The molecule has 6 nitrogen and oxygen atoms in total. The summed E-state index contributed by atoms with van der Waals surface area (Å²) >= 11 is 0. The lowest BCUT2D eigenvalue weighted by molar-refractivity contribution is 0.0425. The molecule has 2 aliphatic carbocycles. The molecule has 0 radical (unpaired) electrons. The minimum absolute atomic E-state index is 0.186. The molecular formula is C29H20O6. The van der Waals surface area contributed by atoms with Gasteiger partial charge in [-0.15, -0.1) is 0 Å². The number of fused-ring (bicyclic) bond motifs is 5. The molecule has 35 heavy (non-hydrogen) atoms. The molecule has 2 heterocycles. The third kappa shape index (κ3) is 2.54. The summed E-state index contributed by atoms with van der Waals surface area (Å²) in [5.74, 6) is -2.04. The van der Waals surface area contributed by atoms with Crippen LogP contribution >= 0.6 is 0 Å². The second kappa shape index (κ2) is 6.98. The SMILES string of the molecule is O=C1OC(=O)c2cc(C3(c4ccc5c(c4)C(=O)OC5=O)c4ccccc4C4CCCCC43)ccc21. The molecule has 2 aliphatic heterocycles. The standard InChI is InChI=1S/C29H20O6/c30-25-19-11-9-15(13-21(19)27(32)34-25)29(16-10-12-20-22(14-16)28(33)35-26(20)31)23-7-3-1-5-17(23)18-6-2-4-8-24(18)29/h1,3,5,7,9-14,18,24H,2,4,6,8H2. The molecule has 0 N–H and O–H groups in total. The van der Waals surface area contributed by atoms with Crippen LogP contribution in [0.1, 0.15) is 95.3 Å². The van der Waals surface area contributed by atoms with Gasteiger partial charge in [-0.05, 0) is 71.2 Å². The van der Waals surface area contributed by atoms with Gasteiger partial charge in [0.1, 0.15) is 0 Å². The minimum atomic E-state index is -0.663. The second-order valence-corrected chi connectivity index (χ2v) is 9.77. The topological polar surface area (TPSA) is 86.7 Å². The Hall–Kier alpha value is -4.06. The third-order valence-electron chi connectivity index (χ3n) is 8.31. The number of hydrogen-bond acceptors (Lipinski definition) is 6. The van der Waals surface area contributed by atoms with Gasteiger partial charge in [0.2, 0.25) is 0 Å². The zero-order chi connectivity index (χ0) is 23.9. The van der Waals surface area contributed by atoms with Gasteiger partial charge >= 0.3 is 23.9 Å². The van der Waals surface area contributed by atoms with E-state index in [4.69, 9.17) is 9.47 Å². The summed E-state index contributed by atoms with van der Waals surface area (Å²) in [5, 5.41) is 0. The Bertz CT molecular complexity index is 1420. The molecule has 0 bridgehead atoms. The maximum Gasteiger partial charge on any atom is 0.346 e. The molecule has 3 aromatic rings. The van der Waals surface area contributed by atoms with Gasteiger partial charge in [0.05, 0.1) is 22.3 Å². The Morgan fingerprint density at radius 2 is 1.17 bits per heavy atom. The van der Waals surface area contributed by atoms with Crippen molar-refractivity contribution < 1.29 is 28.7 Å². The highest BCUT2D eigenvalue weighted by Gasteiger charge is 2.55. The lowest BCUT2D eigenvalue weighted by Crippen LogP contribution is -2.37. The molecule has 4 aliphatic rings. The van der Waals surface area contributed by atoms with Crippen LogP contribution in [0.5, 0.6) is 0 Å². The first-order valence-electron chi connectivity index (χ1n) is 11.9. The molecule has 3 aromatic carbocycles.